The molecule has 1 heterocycles. The number of rotatable bonds is 4. The second-order valence-electron chi connectivity index (χ2n) is 6.34. The van der Waals surface area contributed by atoms with Crippen molar-refractivity contribution in [1.29, 1.82) is 5.26 Å². The van der Waals surface area contributed by atoms with E-state index in [0.29, 0.717) is 27.7 Å². The van der Waals surface area contributed by atoms with Gasteiger partial charge in [-0.3, -0.25) is 4.79 Å². The summed E-state index contributed by atoms with van der Waals surface area (Å²) >= 11 is 6.04. The van der Waals surface area contributed by atoms with Crippen LogP contribution in [0.1, 0.15) is 47.4 Å². The Balaban J connectivity index is 1.49. The van der Waals surface area contributed by atoms with Crippen molar-refractivity contribution in [1.82, 2.24) is 15.3 Å². The van der Waals surface area contributed by atoms with Crippen molar-refractivity contribution in [3.8, 4) is 11.8 Å². The molecule has 0 atom stereocenters. The highest BCUT2D eigenvalue weighted by Crippen LogP contribution is 2.27. The van der Waals surface area contributed by atoms with Crippen LogP contribution in [0.25, 0.3) is 0 Å². The van der Waals surface area contributed by atoms with Gasteiger partial charge in [0.2, 0.25) is 0 Å². The number of aryl methyl sites for hydroxylation is 1. The molecule has 1 aromatic heterocycles. The summed E-state index contributed by atoms with van der Waals surface area (Å²) in [5.74, 6) is 1.16. The van der Waals surface area contributed by atoms with Gasteiger partial charge < -0.3 is 10.1 Å². The van der Waals surface area contributed by atoms with E-state index in [0.717, 1.165) is 25.7 Å². The minimum atomic E-state index is -0.145. The third-order valence-corrected chi connectivity index (χ3v) is 4.73. The smallest absolute Gasteiger partial charge is 0.254 e. The zero-order chi connectivity index (χ0) is 18.5. The van der Waals surface area contributed by atoms with E-state index in [1.54, 1.807) is 37.5 Å². The first-order valence-corrected chi connectivity index (χ1v) is 8.89. The molecule has 0 bridgehead atoms. The van der Waals surface area contributed by atoms with Gasteiger partial charge in [0.05, 0.1) is 22.3 Å². The summed E-state index contributed by atoms with van der Waals surface area (Å²) < 4.78 is 5.96. The molecule has 0 radical (unpaired) electrons. The molecule has 7 heteroatoms. The number of aromatic nitrogens is 2. The van der Waals surface area contributed by atoms with Crippen molar-refractivity contribution in [2.75, 3.05) is 0 Å². The van der Waals surface area contributed by atoms with E-state index < -0.39 is 0 Å². The van der Waals surface area contributed by atoms with E-state index in [4.69, 9.17) is 21.6 Å². The van der Waals surface area contributed by atoms with Crippen LogP contribution in [0.5, 0.6) is 5.75 Å². The van der Waals surface area contributed by atoms with Crippen LogP contribution in [0.15, 0.2) is 30.6 Å². The van der Waals surface area contributed by atoms with Gasteiger partial charge in [0.25, 0.3) is 5.91 Å². The molecular formula is C19H19ClN4O2. The lowest BCUT2D eigenvalue weighted by Gasteiger charge is -2.29. The third kappa shape index (κ3) is 4.50. The molecule has 1 amide bonds. The maximum Gasteiger partial charge on any atom is 0.254 e. The lowest BCUT2D eigenvalue weighted by molar-refractivity contribution is 0.0893. The number of ether oxygens (including phenoxy) is 1. The number of amides is 1. The lowest BCUT2D eigenvalue weighted by atomic mass is 9.92. The number of carbonyl (C=O) groups excluding carboxylic acids is 1. The van der Waals surface area contributed by atoms with Crippen molar-refractivity contribution >= 4 is 17.5 Å². The Bertz CT molecular complexity index is 824. The molecular weight excluding hydrogens is 352 g/mol. The third-order valence-electron chi connectivity index (χ3n) is 4.42. The summed E-state index contributed by atoms with van der Waals surface area (Å²) in [5, 5.41) is 12.3. The van der Waals surface area contributed by atoms with E-state index in [1.807, 2.05) is 6.07 Å². The van der Waals surface area contributed by atoms with Crippen molar-refractivity contribution in [3.63, 3.8) is 0 Å². The van der Waals surface area contributed by atoms with Gasteiger partial charge in [0.1, 0.15) is 17.6 Å². The van der Waals surface area contributed by atoms with Crippen LogP contribution < -0.4 is 10.1 Å². The molecule has 0 saturated heterocycles. The van der Waals surface area contributed by atoms with Crippen molar-refractivity contribution in [3.05, 3.63) is 52.6 Å². The van der Waals surface area contributed by atoms with Gasteiger partial charge >= 0.3 is 0 Å². The fourth-order valence-corrected chi connectivity index (χ4v) is 3.17. The van der Waals surface area contributed by atoms with Gasteiger partial charge in [0.15, 0.2) is 0 Å². The number of nitriles is 1. The van der Waals surface area contributed by atoms with E-state index in [-0.39, 0.29) is 18.1 Å². The van der Waals surface area contributed by atoms with Gasteiger partial charge in [-0.05, 0) is 44.7 Å². The van der Waals surface area contributed by atoms with Gasteiger partial charge in [-0.25, -0.2) is 9.97 Å². The summed E-state index contributed by atoms with van der Waals surface area (Å²) in [6, 6.07) is 7.24. The first-order chi connectivity index (χ1) is 12.5. The highest BCUT2D eigenvalue weighted by Gasteiger charge is 2.24. The average molecular weight is 371 g/mol. The molecule has 1 aromatic carbocycles. The van der Waals surface area contributed by atoms with Crippen LogP contribution in [0.2, 0.25) is 5.02 Å². The Hall–Kier alpha value is -2.65. The first-order valence-electron chi connectivity index (χ1n) is 8.51. The second kappa shape index (κ2) is 8.15. The quantitative estimate of drug-likeness (QED) is 0.890. The molecule has 134 valence electrons. The minimum absolute atomic E-state index is 0.0786. The summed E-state index contributed by atoms with van der Waals surface area (Å²) in [5.41, 5.74) is 0.909. The topological polar surface area (TPSA) is 87.9 Å². The number of hydrogen-bond donors (Lipinski definition) is 1. The summed E-state index contributed by atoms with van der Waals surface area (Å²) in [6.45, 7) is 1.78. The zero-order valence-electron chi connectivity index (χ0n) is 14.4. The number of hydrogen-bond acceptors (Lipinski definition) is 5. The highest BCUT2D eigenvalue weighted by atomic mass is 35.5. The Kier molecular flexibility index (Phi) is 5.69. The highest BCUT2D eigenvalue weighted by molar-refractivity contribution is 6.31. The zero-order valence-corrected chi connectivity index (χ0v) is 15.2. The predicted molar refractivity (Wildman–Crippen MR) is 97.1 cm³/mol. The van der Waals surface area contributed by atoms with E-state index in [9.17, 15) is 4.79 Å². The number of nitrogens with one attached hydrogen (secondary N) is 1. The maximum absolute atomic E-state index is 12.2. The van der Waals surface area contributed by atoms with Crippen LogP contribution >= 0.6 is 11.6 Å². The van der Waals surface area contributed by atoms with E-state index >= 15 is 0 Å². The Labute approximate surface area is 157 Å². The summed E-state index contributed by atoms with van der Waals surface area (Å²) in [7, 11) is 0. The SMILES string of the molecule is Cc1ncc(C(=O)NC2CCC(Oc3ccc(C#N)c(Cl)c3)CC2)cn1. The molecule has 1 N–H and O–H groups in total. The lowest BCUT2D eigenvalue weighted by Crippen LogP contribution is -2.39. The number of carbonyl (C=O) groups is 1. The number of halogens is 1. The molecule has 6 nitrogen and oxygen atoms in total. The monoisotopic (exact) mass is 370 g/mol. The number of nitrogens with zero attached hydrogens (tertiary/aromatic N) is 3. The van der Waals surface area contributed by atoms with Gasteiger partial charge in [0, 0.05) is 24.5 Å². The molecule has 0 spiro atoms. The van der Waals surface area contributed by atoms with Crippen molar-refractivity contribution < 1.29 is 9.53 Å². The van der Waals surface area contributed by atoms with Crippen molar-refractivity contribution in [2.24, 2.45) is 0 Å². The Morgan fingerprint density at radius 1 is 1.27 bits per heavy atom. The second-order valence-corrected chi connectivity index (χ2v) is 6.74. The molecule has 0 aliphatic heterocycles. The van der Waals surface area contributed by atoms with Crippen LogP contribution in [0.3, 0.4) is 0 Å². The average Bonchev–Trinajstić information content (AvgIpc) is 2.64. The molecule has 26 heavy (non-hydrogen) atoms. The molecule has 2 aromatic rings. The number of benzene rings is 1. The summed E-state index contributed by atoms with van der Waals surface area (Å²) in [6.07, 6.45) is 6.53. The fourth-order valence-electron chi connectivity index (χ4n) is 2.96. The van der Waals surface area contributed by atoms with Crippen LogP contribution in [-0.4, -0.2) is 28.0 Å². The maximum atomic E-state index is 12.2. The predicted octanol–water partition coefficient (Wildman–Crippen LogP) is 3.43. The van der Waals surface area contributed by atoms with E-state index in [1.165, 1.54) is 0 Å². The fraction of sp³-hybridized carbons (Fsp3) is 0.368. The molecule has 1 saturated carbocycles. The molecule has 1 aliphatic carbocycles. The normalized spacial score (nSPS) is 19.4. The standard InChI is InChI=1S/C19H19ClN4O2/c1-12-22-10-14(11-23-12)19(25)24-15-3-6-16(7-4-15)26-17-5-2-13(9-21)18(20)8-17/h2,5,8,10-11,15-16H,3-4,6-7H2,1H3,(H,24,25). The van der Waals surface area contributed by atoms with Crippen LogP contribution in [-0.2, 0) is 0 Å². The van der Waals surface area contributed by atoms with Crippen molar-refractivity contribution in [2.45, 2.75) is 44.8 Å². The Morgan fingerprint density at radius 3 is 2.58 bits per heavy atom. The van der Waals surface area contributed by atoms with Gasteiger partial charge in [-0.1, -0.05) is 11.6 Å². The van der Waals surface area contributed by atoms with Gasteiger partial charge in [-0.2, -0.15) is 5.26 Å². The first kappa shape index (κ1) is 18.2. The minimum Gasteiger partial charge on any atom is -0.490 e. The Morgan fingerprint density at radius 2 is 1.96 bits per heavy atom. The largest absolute Gasteiger partial charge is 0.490 e. The van der Waals surface area contributed by atoms with Gasteiger partial charge in [-0.15, -0.1) is 0 Å². The molecule has 1 aliphatic rings. The summed E-state index contributed by atoms with van der Waals surface area (Å²) in [4.78, 5) is 20.3. The van der Waals surface area contributed by atoms with Crippen LogP contribution in [0.4, 0.5) is 0 Å². The molecule has 0 unspecified atom stereocenters. The van der Waals surface area contributed by atoms with Crippen LogP contribution in [0, 0.1) is 18.3 Å². The van der Waals surface area contributed by atoms with E-state index in [2.05, 4.69) is 15.3 Å². The molecule has 3 rings (SSSR count). The molecule has 1 fully saturated rings.